The maximum atomic E-state index is 10.4. The summed E-state index contributed by atoms with van der Waals surface area (Å²) in [5, 5.41) is 8.58. The molecule has 0 fully saturated rings. The van der Waals surface area contributed by atoms with E-state index in [0.29, 0.717) is 11.4 Å². The molecular formula is C10H11NO2S. The first-order valence-corrected chi connectivity index (χ1v) is 4.97. The fraction of sp³-hybridized carbons (Fsp3) is 0.100. The Morgan fingerprint density at radius 3 is 2.86 bits per heavy atom. The minimum Gasteiger partial charge on any atom is -0.478 e. The van der Waals surface area contributed by atoms with Crippen molar-refractivity contribution in [1.82, 2.24) is 0 Å². The fourth-order valence-corrected chi connectivity index (χ4v) is 1.70. The molecule has 0 radical (unpaired) electrons. The van der Waals surface area contributed by atoms with Crippen LogP contribution in [0.25, 0.3) is 0 Å². The van der Waals surface area contributed by atoms with Crippen LogP contribution in [0.3, 0.4) is 0 Å². The first-order valence-electron chi connectivity index (χ1n) is 3.99. The van der Waals surface area contributed by atoms with Crippen molar-refractivity contribution in [3.8, 4) is 0 Å². The van der Waals surface area contributed by atoms with Crippen molar-refractivity contribution in [2.75, 3.05) is 11.5 Å². The summed E-state index contributed by atoms with van der Waals surface area (Å²) < 4.78 is 0. The zero-order valence-corrected chi connectivity index (χ0v) is 8.38. The summed E-state index contributed by atoms with van der Waals surface area (Å²) >= 11 is 1.41. The molecule has 0 aromatic heterocycles. The van der Waals surface area contributed by atoms with Crippen LogP contribution in [0.4, 0.5) is 5.69 Å². The van der Waals surface area contributed by atoms with Crippen LogP contribution < -0.4 is 5.73 Å². The van der Waals surface area contributed by atoms with Gasteiger partial charge in [-0.25, -0.2) is 4.79 Å². The Kier molecular flexibility index (Phi) is 3.59. The Labute approximate surface area is 86.6 Å². The SMILES string of the molecule is C=C(CSc1cccc(N)c1)C(=O)O. The molecule has 14 heavy (non-hydrogen) atoms. The van der Waals surface area contributed by atoms with Crippen molar-refractivity contribution < 1.29 is 9.90 Å². The number of aliphatic carboxylic acids is 1. The molecule has 74 valence electrons. The number of anilines is 1. The Bertz CT molecular complexity index is 363. The minimum atomic E-state index is -0.957. The Balaban J connectivity index is 2.54. The predicted molar refractivity (Wildman–Crippen MR) is 58.4 cm³/mol. The lowest BCUT2D eigenvalue weighted by Gasteiger charge is -2.01. The molecule has 0 heterocycles. The van der Waals surface area contributed by atoms with E-state index < -0.39 is 5.97 Å². The van der Waals surface area contributed by atoms with Gasteiger partial charge in [0.25, 0.3) is 0 Å². The van der Waals surface area contributed by atoms with Crippen molar-refractivity contribution in [3.05, 3.63) is 36.4 Å². The lowest BCUT2D eigenvalue weighted by molar-refractivity contribution is -0.132. The summed E-state index contributed by atoms with van der Waals surface area (Å²) in [6, 6.07) is 7.31. The first kappa shape index (κ1) is 10.7. The average Bonchev–Trinajstić information content (AvgIpc) is 2.14. The molecule has 0 bridgehead atoms. The van der Waals surface area contributed by atoms with Crippen molar-refractivity contribution in [3.63, 3.8) is 0 Å². The molecule has 1 rings (SSSR count). The number of benzene rings is 1. The second kappa shape index (κ2) is 4.72. The predicted octanol–water partition coefficient (Wildman–Crippen LogP) is 2.00. The third-order valence-electron chi connectivity index (χ3n) is 1.57. The smallest absolute Gasteiger partial charge is 0.331 e. The molecule has 1 aromatic carbocycles. The Morgan fingerprint density at radius 2 is 2.29 bits per heavy atom. The number of carbonyl (C=O) groups is 1. The van der Waals surface area contributed by atoms with E-state index in [9.17, 15) is 4.79 Å². The lowest BCUT2D eigenvalue weighted by Crippen LogP contribution is -2.00. The van der Waals surface area contributed by atoms with Crippen LogP contribution >= 0.6 is 11.8 Å². The van der Waals surface area contributed by atoms with E-state index in [2.05, 4.69) is 6.58 Å². The van der Waals surface area contributed by atoms with Gasteiger partial charge in [0.1, 0.15) is 0 Å². The van der Waals surface area contributed by atoms with Gasteiger partial charge < -0.3 is 10.8 Å². The summed E-state index contributed by atoms with van der Waals surface area (Å²) in [4.78, 5) is 11.4. The van der Waals surface area contributed by atoms with Gasteiger partial charge in [-0.1, -0.05) is 12.6 Å². The molecule has 0 atom stereocenters. The van der Waals surface area contributed by atoms with Crippen LogP contribution in [0.15, 0.2) is 41.3 Å². The van der Waals surface area contributed by atoms with Crippen LogP contribution in [-0.4, -0.2) is 16.8 Å². The summed E-state index contributed by atoms with van der Waals surface area (Å²) in [6.45, 7) is 3.44. The molecule has 0 unspecified atom stereocenters. The van der Waals surface area contributed by atoms with Crippen LogP contribution in [0.1, 0.15) is 0 Å². The zero-order chi connectivity index (χ0) is 10.6. The molecule has 3 N–H and O–H groups in total. The topological polar surface area (TPSA) is 63.3 Å². The standard InChI is InChI=1S/C10H11NO2S/c1-7(10(12)13)6-14-9-4-2-3-8(11)5-9/h2-5H,1,6,11H2,(H,12,13). The monoisotopic (exact) mass is 209 g/mol. The van der Waals surface area contributed by atoms with Crippen LogP contribution in [-0.2, 0) is 4.79 Å². The molecule has 3 nitrogen and oxygen atoms in total. The number of carboxylic acid groups (broad SMARTS) is 1. The van der Waals surface area contributed by atoms with Crippen LogP contribution in [0, 0.1) is 0 Å². The molecule has 0 spiro atoms. The number of nitrogen functional groups attached to an aromatic ring is 1. The molecule has 1 aromatic rings. The number of thioether (sulfide) groups is 1. The van der Waals surface area contributed by atoms with Crippen molar-refractivity contribution >= 4 is 23.4 Å². The highest BCUT2D eigenvalue weighted by molar-refractivity contribution is 7.99. The number of hydrogen-bond acceptors (Lipinski definition) is 3. The zero-order valence-electron chi connectivity index (χ0n) is 7.56. The van der Waals surface area contributed by atoms with E-state index in [1.807, 2.05) is 12.1 Å². The maximum absolute atomic E-state index is 10.4. The number of carboxylic acids is 1. The highest BCUT2D eigenvalue weighted by Gasteiger charge is 2.04. The highest BCUT2D eigenvalue weighted by Crippen LogP contribution is 2.21. The Morgan fingerprint density at radius 1 is 1.57 bits per heavy atom. The van der Waals surface area contributed by atoms with E-state index in [4.69, 9.17) is 10.8 Å². The molecule has 0 aliphatic heterocycles. The summed E-state index contributed by atoms with van der Waals surface area (Å²) in [7, 11) is 0. The quantitative estimate of drug-likeness (QED) is 0.452. The second-order valence-corrected chi connectivity index (χ2v) is 3.82. The third kappa shape index (κ3) is 3.14. The lowest BCUT2D eigenvalue weighted by atomic mass is 10.3. The molecule has 4 heteroatoms. The van der Waals surface area contributed by atoms with E-state index in [0.717, 1.165) is 4.90 Å². The van der Waals surface area contributed by atoms with Crippen molar-refractivity contribution in [1.29, 1.82) is 0 Å². The van der Waals surface area contributed by atoms with Gasteiger partial charge in [0.15, 0.2) is 0 Å². The first-order chi connectivity index (χ1) is 6.59. The third-order valence-corrected chi connectivity index (χ3v) is 2.65. The molecule has 0 saturated carbocycles. The molecular weight excluding hydrogens is 198 g/mol. The average molecular weight is 209 g/mol. The van der Waals surface area contributed by atoms with Gasteiger partial charge in [0, 0.05) is 21.9 Å². The van der Waals surface area contributed by atoms with Gasteiger partial charge >= 0.3 is 5.97 Å². The van der Waals surface area contributed by atoms with Gasteiger partial charge in [-0.2, -0.15) is 0 Å². The van der Waals surface area contributed by atoms with Gasteiger partial charge in [0.05, 0.1) is 0 Å². The number of hydrogen-bond donors (Lipinski definition) is 2. The molecule has 0 aliphatic carbocycles. The van der Waals surface area contributed by atoms with Gasteiger partial charge in [0.2, 0.25) is 0 Å². The minimum absolute atomic E-state index is 0.192. The van der Waals surface area contributed by atoms with Gasteiger partial charge in [-0.15, -0.1) is 11.8 Å². The number of rotatable bonds is 4. The fourth-order valence-electron chi connectivity index (χ4n) is 0.837. The second-order valence-electron chi connectivity index (χ2n) is 2.77. The molecule has 0 saturated heterocycles. The van der Waals surface area contributed by atoms with Crippen LogP contribution in [0.2, 0.25) is 0 Å². The normalized spacial score (nSPS) is 9.71. The van der Waals surface area contributed by atoms with Gasteiger partial charge in [-0.05, 0) is 18.2 Å². The van der Waals surface area contributed by atoms with Gasteiger partial charge in [-0.3, -0.25) is 0 Å². The van der Waals surface area contributed by atoms with E-state index >= 15 is 0 Å². The van der Waals surface area contributed by atoms with Crippen molar-refractivity contribution in [2.24, 2.45) is 0 Å². The summed E-state index contributed by atoms with van der Waals surface area (Å²) in [5.74, 6) is -0.583. The van der Waals surface area contributed by atoms with Crippen LogP contribution in [0.5, 0.6) is 0 Å². The highest BCUT2D eigenvalue weighted by atomic mass is 32.2. The molecule has 0 aliphatic rings. The van der Waals surface area contributed by atoms with E-state index in [-0.39, 0.29) is 5.57 Å². The largest absolute Gasteiger partial charge is 0.478 e. The maximum Gasteiger partial charge on any atom is 0.331 e. The molecule has 0 amide bonds. The van der Waals surface area contributed by atoms with E-state index in [1.165, 1.54) is 11.8 Å². The summed E-state index contributed by atoms with van der Waals surface area (Å²) in [5.41, 5.74) is 6.44. The van der Waals surface area contributed by atoms with Crippen molar-refractivity contribution in [2.45, 2.75) is 4.90 Å². The number of nitrogens with two attached hydrogens (primary N) is 1. The van der Waals surface area contributed by atoms with E-state index in [1.54, 1.807) is 12.1 Å². The Hall–Kier alpha value is -1.42. The summed E-state index contributed by atoms with van der Waals surface area (Å²) in [6.07, 6.45) is 0.